The Hall–Kier alpha value is -4.10. The highest BCUT2D eigenvalue weighted by molar-refractivity contribution is 6.09. The minimum absolute atomic E-state index is 0. The lowest BCUT2D eigenvalue weighted by atomic mass is 10.1. The average Bonchev–Trinajstić information content (AvgIpc) is 3.23. The smallest absolute Gasteiger partial charge is 0.259 e. The number of halogens is 1. The third kappa shape index (κ3) is 4.76. The van der Waals surface area contributed by atoms with Crippen LogP contribution in [0, 0.1) is 0 Å². The lowest BCUT2D eigenvalue weighted by Gasteiger charge is -2.23. The average molecular weight is 488 g/mol. The number of amides is 2. The Morgan fingerprint density at radius 3 is 2.46 bits per heavy atom. The van der Waals surface area contributed by atoms with Gasteiger partial charge < -0.3 is 19.7 Å². The van der Waals surface area contributed by atoms with E-state index in [2.05, 4.69) is 20.9 Å². The predicted octanol–water partition coefficient (Wildman–Crippen LogP) is 4.83. The van der Waals surface area contributed by atoms with E-state index < -0.39 is 0 Å². The molecular weight excluding hydrogens is 462 g/mol. The molecule has 2 amide bonds. The highest BCUT2D eigenvalue weighted by Gasteiger charge is 2.24. The van der Waals surface area contributed by atoms with Crippen molar-refractivity contribution in [2.75, 3.05) is 29.2 Å². The first-order chi connectivity index (χ1) is 16.5. The summed E-state index contributed by atoms with van der Waals surface area (Å²) in [5.74, 6) is 0.261. The van der Waals surface area contributed by atoms with E-state index in [0.29, 0.717) is 29.2 Å². The van der Waals surface area contributed by atoms with Crippen molar-refractivity contribution in [2.45, 2.75) is 13.1 Å². The van der Waals surface area contributed by atoms with E-state index in [9.17, 15) is 9.59 Å². The SMILES string of the molecule is CN(C)c1ncccc1C(=O)Nc1ccc(C(=O)N2Cc3cccn3Cc3ccccc32)cc1.Cl. The predicted molar refractivity (Wildman–Crippen MR) is 141 cm³/mol. The topological polar surface area (TPSA) is 70.5 Å². The number of nitrogens with one attached hydrogen (secondary N) is 1. The normalized spacial score (nSPS) is 12.0. The summed E-state index contributed by atoms with van der Waals surface area (Å²) in [4.78, 5) is 34.3. The molecule has 2 aromatic heterocycles. The highest BCUT2D eigenvalue weighted by atomic mass is 35.5. The van der Waals surface area contributed by atoms with Crippen molar-refractivity contribution in [3.05, 3.63) is 108 Å². The molecule has 35 heavy (non-hydrogen) atoms. The summed E-state index contributed by atoms with van der Waals surface area (Å²) < 4.78 is 2.17. The van der Waals surface area contributed by atoms with Crippen LogP contribution in [0.2, 0.25) is 0 Å². The van der Waals surface area contributed by atoms with Crippen LogP contribution in [-0.4, -0.2) is 35.5 Å². The molecule has 4 aromatic rings. The number of fused-ring (bicyclic) bond motifs is 2. The molecule has 0 fully saturated rings. The number of rotatable bonds is 4. The lowest BCUT2D eigenvalue weighted by Crippen LogP contribution is -2.30. The Morgan fingerprint density at radius 2 is 1.69 bits per heavy atom. The minimum Gasteiger partial charge on any atom is -0.362 e. The van der Waals surface area contributed by atoms with Crippen molar-refractivity contribution in [3.63, 3.8) is 0 Å². The van der Waals surface area contributed by atoms with E-state index in [4.69, 9.17) is 0 Å². The van der Waals surface area contributed by atoms with Crippen molar-refractivity contribution < 1.29 is 9.59 Å². The number of aromatic nitrogens is 2. The van der Waals surface area contributed by atoms with Gasteiger partial charge in [0.05, 0.1) is 12.1 Å². The van der Waals surface area contributed by atoms with E-state index in [1.165, 1.54) is 0 Å². The number of anilines is 3. The van der Waals surface area contributed by atoms with Crippen LogP contribution in [0.5, 0.6) is 0 Å². The molecule has 0 saturated carbocycles. The van der Waals surface area contributed by atoms with Crippen LogP contribution in [-0.2, 0) is 13.1 Å². The number of nitrogens with zero attached hydrogens (tertiary/aromatic N) is 4. The van der Waals surface area contributed by atoms with E-state index in [1.54, 1.807) is 47.5 Å². The molecule has 1 aliphatic rings. The number of hydrogen-bond donors (Lipinski definition) is 1. The minimum atomic E-state index is -0.252. The molecule has 0 unspecified atom stereocenters. The summed E-state index contributed by atoms with van der Waals surface area (Å²) >= 11 is 0. The zero-order valence-corrected chi connectivity index (χ0v) is 20.3. The van der Waals surface area contributed by atoms with Gasteiger partial charge in [-0.05, 0) is 60.2 Å². The van der Waals surface area contributed by atoms with Gasteiger partial charge in [0.2, 0.25) is 0 Å². The van der Waals surface area contributed by atoms with Crippen LogP contribution >= 0.6 is 12.4 Å². The van der Waals surface area contributed by atoms with Crippen LogP contribution in [0.25, 0.3) is 0 Å². The summed E-state index contributed by atoms with van der Waals surface area (Å²) in [5, 5.41) is 2.90. The van der Waals surface area contributed by atoms with Crippen molar-refractivity contribution >= 4 is 41.4 Å². The molecule has 1 aliphatic heterocycles. The van der Waals surface area contributed by atoms with Gasteiger partial charge in [-0.2, -0.15) is 0 Å². The maximum absolute atomic E-state index is 13.5. The third-order valence-corrected chi connectivity index (χ3v) is 5.96. The Labute approximate surface area is 210 Å². The summed E-state index contributed by atoms with van der Waals surface area (Å²) in [7, 11) is 3.69. The maximum Gasteiger partial charge on any atom is 0.259 e. The Bertz CT molecular complexity index is 1360. The first-order valence-corrected chi connectivity index (χ1v) is 11.1. The van der Waals surface area contributed by atoms with Crippen LogP contribution in [0.4, 0.5) is 17.2 Å². The van der Waals surface area contributed by atoms with Gasteiger partial charge in [-0.1, -0.05) is 18.2 Å². The van der Waals surface area contributed by atoms with E-state index in [0.717, 1.165) is 23.5 Å². The Morgan fingerprint density at radius 1 is 0.914 bits per heavy atom. The largest absolute Gasteiger partial charge is 0.362 e. The van der Waals surface area contributed by atoms with Gasteiger partial charge in [-0.15, -0.1) is 12.4 Å². The molecule has 5 rings (SSSR count). The molecule has 2 aromatic carbocycles. The second kappa shape index (κ2) is 10.0. The van der Waals surface area contributed by atoms with Crippen molar-refractivity contribution in [3.8, 4) is 0 Å². The number of para-hydroxylation sites is 1. The molecule has 178 valence electrons. The van der Waals surface area contributed by atoms with Gasteiger partial charge in [0.1, 0.15) is 5.82 Å². The molecule has 0 saturated heterocycles. The quantitative estimate of drug-likeness (QED) is 0.447. The van der Waals surface area contributed by atoms with Crippen molar-refractivity contribution in [1.82, 2.24) is 9.55 Å². The van der Waals surface area contributed by atoms with Crippen LogP contribution in [0.3, 0.4) is 0 Å². The molecular formula is C27H26ClN5O2. The summed E-state index contributed by atoms with van der Waals surface area (Å²) in [6.45, 7) is 1.23. The molecule has 0 bridgehead atoms. The standard InChI is InChI=1S/C27H25N5O2.ClH/c1-30(2)25-23(9-5-15-28-25)26(33)29-21-13-11-19(12-14-21)27(34)32-18-22-8-6-16-31(22)17-20-7-3-4-10-24(20)32;/h3-16H,17-18H2,1-2H3,(H,29,33);1H. The summed E-state index contributed by atoms with van der Waals surface area (Å²) in [6, 6.07) is 22.5. The van der Waals surface area contributed by atoms with Gasteiger partial charge in [0.15, 0.2) is 0 Å². The maximum atomic E-state index is 13.5. The van der Waals surface area contributed by atoms with Crippen LogP contribution in [0.15, 0.2) is 85.2 Å². The fraction of sp³-hybridized carbons (Fsp3) is 0.148. The highest BCUT2D eigenvalue weighted by Crippen LogP contribution is 2.29. The second-order valence-corrected chi connectivity index (χ2v) is 8.45. The van der Waals surface area contributed by atoms with Crippen molar-refractivity contribution in [1.29, 1.82) is 0 Å². The van der Waals surface area contributed by atoms with Crippen LogP contribution in [0.1, 0.15) is 32.0 Å². The number of pyridine rings is 1. The Kier molecular flexibility index (Phi) is 6.89. The monoisotopic (exact) mass is 487 g/mol. The third-order valence-electron chi connectivity index (χ3n) is 5.96. The van der Waals surface area contributed by atoms with Gasteiger partial charge in [0.25, 0.3) is 11.8 Å². The first-order valence-electron chi connectivity index (χ1n) is 11.1. The fourth-order valence-electron chi connectivity index (χ4n) is 4.25. The van der Waals surface area contributed by atoms with Gasteiger partial charge in [0, 0.05) is 55.7 Å². The zero-order chi connectivity index (χ0) is 23.7. The summed E-state index contributed by atoms with van der Waals surface area (Å²) in [5.41, 5.74) is 4.76. The van der Waals surface area contributed by atoms with Gasteiger partial charge in [-0.3, -0.25) is 9.59 Å². The number of benzene rings is 2. The van der Waals surface area contributed by atoms with E-state index in [1.807, 2.05) is 55.5 Å². The first kappa shape index (κ1) is 24.0. The zero-order valence-electron chi connectivity index (χ0n) is 19.5. The van der Waals surface area contributed by atoms with Crippen LogP contribution < -0.4 is 15.1 Å². The van der Waals surface area contributed by atoms with Gasteiger partial charge >= 0.3 is 0 Å². The molecule has 3 heterocycles. The Balaban J connectivity index is 0.00000289. The molecule has 7 nitrogen and oxygen atoms in total. The van der Waals surface area contributed by atoms with Crippen molar-refractivity contribution in [2.24, 2.45) is 0 Å². The summed E-state index contributed by atoms with van der Waals surface area (Å²) in [6.07, 6.45) is 3.70. The number of hydrogen-bond acceptors (Lipinski definition) is 4. The fourth-order valence-corrected chi connectivity index (χ4v) is 4.25. The molecule has 0 radical (unpaired) electrons. The molecule has 8 heteroatoms. The van der Waals surface area contributed by atoms with Gasteiger partial charge in [-0.25, -0.2) is 4.98 Å². The molecule has 0 aliphatic carbocycles. The van der Waals surface area contributed by atoms with E-state index >= 15 is 0 Å². The lowest BCUT2D eigenvalue weighted by molar-refractivity contribution is 0.0983. The number of carbonyl (C=O) groups excluding carboxylic acids is 2. The molecule has 0 atom stereocenters. The molecule has 1 N–H and O–H groups in total. The van der Waals surface area contributed by atoms with E-state index in [-0.39, 0.29) is 24.2 Å². The second-order valence-electron chi connectivity index (χ2n) is 8.45. The number of carbonyl (C=O) groups is 2. The molecule has 0 spiro atoms.